The Morgan fingerprint density at radius 3 is 2.78 bits per heavy atom. The zero-order valence-electron chi connectivity index (χ0n) is 11.5. The Balaban J connectivity index is 2.12. The number of oxime groups is 1. The molecule has 0 saturated carbocycles. The Labute approximate surface area is 134 Å². The Morgan fingerprint density at radius 1 is 1.35 bits per heavy atom. The first-order chi connectivity index (χ1) is 11.1. The van der Waals surface area contributed by atoms with Crippen LogP contribution < -0.4 is 0 Å². The number of hydrogen-bond acceptors (Lipinski definition) is 6. The van der Waals surface area contributed by atoms with E-state index in [1.54, 1.807) is 30.5 Å². The lowest BCUT2D eigenvalue weighted by molar-refractivity contribution is -0.401. The highest BCUT2D eigenvalue weighted by molar-refractivity contribution is 6.32. The molecule has 9 heteroatoms. The van der Waals surface area contributed by atoms with Gasteiger partial charge in [-0.2, -0.15) is 5.10 Å². The highest BCUT2D eigenvalue weighted by Crippen LogP contribution is 2.29. The van der Waals surface area contributed by atoms with E-state index in [2.05, 4.69) is 10.3 Å². The first kappa shape index (κ1) is 14.8. The molecule has 8 nitrogen and oxygen atoms in total. The lowest BCUT2D eigenvalue weighted by Crippen LogP contribution is -1.95. The van der Waals surface area contributed by atoms with Crippen LogP contribution in [-0.2, 0) is 0 Å². The normalized spacial score (nSPS) is 11.2. The number of hydrogen-bond donors (Lipinski definition) is 1. The molecule has 0 aliphatic rings. The molecule has 0 atom stereocenters. The van der Waals surface area contributed by atoms with Crippen molar-refractivity contribution in [3.8, 4) is 17.1 Å². The fourth-order valence-electron chi connectivity index (χ4n) is 2.05. The van der Waals surface area contributed by atoms with Gasteiger partial charge in [-0.3, -0.25) is 10.1 Å². The molecule has 0 aliphatic carbocycles. The van der Waals surface area contributed by atoms with Gasteiger partial charge in [-0.15, -0.1) is 0 Å². The molecule has 2 aromatic heterocycles. The van der Waals surface area contributed by atoms with Crippen molar-refractivity contribution in [1.82, 2.24) is 9.78 Å². The molecule has 23 heavy (non-hydrogen) atoms. The van der Waals surface area contributed by atoms with Gasteiger partial charge in [0.05, 0.1) is 23.0 Å². The number of para-hydroxylation sites is 1. The van der Waals surface area contributed by atoms with Crippen molar-refractivity contribution < 1.29 is 14.5 Å². The molecule has 3 aromatic rings. The first-order valence-corrected chi connectivity index (χ1v) is 6.74. The molecular formula is C14H9ClN4O4. The van der Waals surface area contributed by atoms with Gasteiger partial charge in [-0.05, 0) is 18.2 Å². The highest BCUT2D eigenvalue weighted by atomic mass is 35.5. The zero-order chi connectivity index (χ0) is 16.4. The van der Waals surface area contributed by atoms with Gasteiger partial charge in [-0.25, -0.2) is 4.68 Å². The second-order valence-electron chi connectivity index (χ2n) is 4.47. The van der Waals surface area contributed by atoms with E-state index in [0.717, 1.165) is 6.21 Å². The summed E-state index contributed by atoms with van der Waals surface area (Å²) >= 11 is 6.13. The van der Waals surface area contributed by atoms with Gasteiger partial charge in [0.2, 0.25) is 0 Å². The number of nitrogens with zero attached hydrogens (tertiary/aromatic N) is 4. The molecule has 1 aromatic carbocycles. The lowest BCUT2D eigenvalue weighted by Gasteiger charge is -2.02. The second-order valence-corrected chi connectivity index (χ2v) is 4.88. The molecule has 0 saturated heterocycles. The summed E-state index contributed by atoms with van der Waals surface area (Å²) in [6, 6.07) is 9.68. The van der Waals surface area contributed by atoms with Crippen LogP contribution in [0.2, 0.25) is 5.02 Å². The van der Waals surface area contributed by atoms with Gasteiger partial charge < -0.3 is 9.62 Å². The van der Waals surface area contributed by atoms with E-state index in [9.17, 15) is 10.1 Å². The van der Waals surface area contributed by atoms with Gasteiger partial charge in [0, 0.05) is 11.8 Å². The topological polar surface area (TPSA) is 107 Å². The van der Waals surface area contributed by atoms with Gasteiger partial charge in [-0.1, -0.05) is 28.9 Å². The van der Waals surface area contributed by atoms with Crippen molar-refractivity contribution in [2.45, 2.75) is 0 Å². The summed E-state index contributed by atoms with van der Waals surface area (Å²) in [5.74, 6) is -0.225. The van der Waals surface area contributed by atoms with Crippen LogP contribution in [0.25, 0.3) is 17.1 Å². The van der Waals surface area contributed by atoms with Crippen molar-refractivity contribution >= 4 is 23.7 Å². The highest BCUT2D eigenvalue weighted by Gasteiger charge is 2.19. The maximum absolute atomic E-state index is 10.7. The van der Waals surface area contributed by atoms with Crippen LogP contribution in [-0.4, -0.2) is 26.1 Å². The van der Waals surface area contributed by atoms with Crippen LogP contribution in [0.4, 0.5) is 5.88 Å². The molecule has 0 fully saturated rings. The number of rotatable bonds is 4. The Morgan fingerprint density at radius 2 is 2.13 bits per heavy atom. The van der Waals surface area contributed by atoms with Gasteiger partial charge in [0.1, 0.15) is 10.6 Å². The maximum atomic E-state index is 10.7. The summed E-state index contributed by atoms with van der Waals surface area (Å²) in [4.78, 5) is 10.1. The molecule has 3 rings (SSSR count). The Bertz CT molecular complexity index is 900. The van der Waals surface area contributed by atoms with Crippen molar-refractivity contribution in [3.05, 3.63) is 63.3 Å². The average Bonchev–Trinajstić information content (AvgIpc) is 3.15. The first-order valence-electron chi connectivity index (χ1n) is 6.36. The van der Waals surface area contributed by atoms with E-state index >= 15 is 0 Å². The van der Waals surface area contributed by atoms with E-state index in [1.165, 1.54) is 16.8 Å². The van der Waals surface area contributed by atoms with Gasteiger partial charge in [0.15, 0.2) is 5.76 Å². The number of halogens is 1. The zero-order valence-corrected chi connectivity index (χ0v) is 12.2. The van der Waals surface area contributed by atoms with E-state index in [4.69, 9.17) is 21.2 Å². The number of nitro groups is 1. The van der Waals surface area contributed by atoms with Crippen molar-refractivity contribution in [2.75, 3.05) is 0 Å². The quantitative estimate of drug-likeness (QED) is 0.340. The third-order valence-corrected chi connectivity index (χ3v) is 3.36. The van der Waals surface area contributed by atoms with Gasteiger partial charge >= 0.3 is 5.88 Å². The summed E-state index contributed by atoms with van der Waals surface area (Å²) in [6.07, 6.45) is 2.73. The molecule has 0 amide bonds. The molecule has 0 unspecified atom stereocenters. The molecule has 0 radical (unpaired) electrons. The molecule has 0 aliphatic heterocycles. The summed E-state index contributed by atoms with van der Waals surface area (Å²) in [6.45, 7) is 0. The number of benzene rings is 1. The number of aromatic nitrogens is 2. The maximum Gasteiger partial charge on any atom is 0.433 e. The molecule has 1 N–H and O–H groups in total. The minimum Gasteiger partial charge on any atom is -0.411 e. The standard InChI is InChI=1S/C14H9ClN4O4/c15-10-3-1-2-4-11(10)18-8-9(7-16-20)14(17-18)12-5-6-13(23-12)19(21)22/h1-8,20H. The van der Waals surface area contributed by atoms with Crippen LogP contribution in [0.1, 0.15) is 5.56 Å². The summed E-state index contributed by atoms with van der Waals surface area (Å²) < 4.78 is 6.62. The van der Waals surface area contributed by atoms with Crippen molar-refractivity contribution in [2.24, 2.45) is 5.16 Å². The van der Waals surface area contributed by atoms with E-state index < -0.39 is 10.8 Å². The lowest BCUT2D eigenvalue weighted by atomic mass is 10.2. The second kappa shape index (κ2) is 5.93. The van der Waals surface area contributed by atoms with E-state index in [0.29, 0.717) is 16.3 Å². The summed E-state index contributed by atoms with van der Waals surface area (Å²) in [5.41, 5.74) is 1.31. The summed E-state index contributed by atoms with van der Waals surface area (Å²) in [7, 11) is 0. The molecule has 116 valence electrons. The molecular weight excluding hydrogens is 324 g/mol. The largest absolute Gasteiger partial charge is 0.433 e. The summed E-state index contributed by atoms with van der Waals surface area (Å²) in [5, 5.41) is 27.3. The smallest absolute Gasteiger partial charge is 0.411 e. The van der Waals surface area contributed by atoms with Crippen LogP contribution >= 0.6 is 11.6 Å². The van der Waals surface area contributed by atoms with E-state index in [1.807, 2.05) is 0 Å². The van der Waals surface area contributed by atoms with Crippen LogP contribution in [0.15, 0.2) is 52.2 Å². The van der Waals surface area contributed by atoms with Crippen molar-refractivity contribution in [1.29, 1.82) is 0 Å². The third-order valence-electron chi connectivity index (χ3n) is 3.04. The SMILES string of the molecule is O=[N+]([O-])c1ccc(-c2nn(-c3ccccc3Cl)cc2C=NO)o1. The van der Waals surface area contributed by atoms with Crippen LogP contribution in [0.5, 0.6) is 0 Å². The Hall–Kier alpha value is -3.13. The number of furan rings is 1. The minimum absolute atomic E-state index is 0.178. The fraction of sp³-hybridized carbons (Fsp3) is 0. The monoisotopic (exact) mass is 332 g/mol. The molecule has 0 bridgehead atoms. The molecule has 0 spiro atoms. The third kappa shape index (κ3) is 2.79. The minimum atomic E-state index is -0.644. The van der Waals surface area contributed by atoms with Crippen molar-refractivity contribution in [3.63, 3.8) is 0 Å². The Kier molecular flexibility index (Phi) is 3.82. The molecule has 2 heterocycles. The predicted molar refractivity (Wildman–Crippen MR) is 82.3 cm³/mol. The van der Waals surface area contributed by atoms with Gasteiger partial charge in [0.25, 0.3) is 0 Å². The van der Waals surface area contributed by atoms with Crippen LogP contribution in [0, 0.1) is 10.1 Å². The van der Waals surface area contributed by atoms with E-state index in [-0.39, 0.29) is 11.5 Å². The van der Waals surface area contributed by atoms with Crippen LogP contribution in [0.3, 0.4) is 0 Å². The average molecular weight is 333 g/mol. The predicted octanol–water partition coefficient (Wildman–Crippen LogP) is 3.50. The fourth-order valence-corrected chi connectivity index (χ4v) is 2.27.